The second kappa shape index (κ2) is 11.0. The Bertz CT molecular complexity index is 1010. The number of carbonyl (C=O) groups excluding carboxylic acids is 2. The molecule has 0 radical (unpaired) electrons. The second-order valence-electron chi connectivity index (χ2n) is 9.27. The van der Waals surface area contributed by atoms with Gasteiger partial charge in [0, 0.05) is 42.9 Å². The molecule has 182 valence electrons. The maximum atomic E-state index is 13.3. The van der Waals surface area contributed by atoms with Gasteiger partial charge in [0.15, 0.2) is 17.4 Å². The van der Waals surface area contributed by atoms with Gasteiger partial charge in [0.25, 0.3) is 0 Å². The first-order chi connectivity index (χ1) is 16.4. The molecule has 0 spiro atoms. The van der Waals surface area contributed by atoms with Crippen LogP contribution >= 0.6 is 0 Å². The summed E-state index contributed by atoms with van der Waals surface area (Å²) in [5, 5.41) is 5.55. The number of amides is 2. The third kappa shape index (κ3) is 6.11. The van der Waals surface area contributed by atoms with E-state index in [-0.39, 0.29) is 17.5 Å². The summed E-state index contributed by atoms with van der Waals surface area (Å²) < 4.78 is 31.5. The van der Waals surface area contributed by atoms with Gasteiger partial charge < -0.3 is 20.3 Å². The first kappa shape index (κ1) is 24.1. The van der Waals surface area contributed by atoms with E-state index in [9.17, 15) is 18.4 Å². The van der Waals surface area contributed by atoms with Crippen molar-refractivity contribution in [1.29, 1.82) is 0 Å². The lowest BCUT2D eigenvalue weighted by Gasteiger charge is -2.31. The largest absolute Gasteiger partial charge is 0.497 e. The van der Waals surface area contributed by atoms with Crippen LogP contribution in [0.5, 0.6) is 5.75 Å². The molecular weight excluding hydrogens is 440 g/mol. The standard InChI is InChI=1S/C26H31F2N3O3/c1-34-22-9-5-17(6-10-22)25(32)3-2-12-31-15-18-4-7-20(13-19(18)16-31)29-26(33)30-21-8-11-23(27)24(28)14-21/h5-6,8-11,14,18-20H,2-4,7,12-13,15-16H2,1H3,(H2,29,30,33). The van der Waals surface area contributed by atoms with Crippen LogP contribution in [0, 0.1) is 23.5 Å². The maximum absolute atomic E-state index is 13.3. The molecule has 2 aromatic rings. The Balaban J connectivity index is 1.18. The minimum Gasteiger partial charge on any atom is -0.497 e. The van der Waals surface area contributed by atoms with Crippen LogP contribution in [-0.2, 0) is 0 Å². The van der Waals surface area contributed by atoms with Crippen LogP contribution in [-0.4, -0.2) is 49.5 Å². The number of nitrogens with one attached hydrogen (secondary N) is 2. The molecule has 3 atom stereocenters. The highest BCUT2D eigenvalue weighted by Gasteiger charge is 2.37. The van der Waals surface area contributed by atoms with E-state index >= 15 is 0 Å². The van der Waals surface area contributed by atoms with Crippen LogP contribution < -0.4 is 15.4 Å². The Hall–Kier alpha value is -3.00. The molecule has 0 bridgehead atoms. The van der Waals surface area contributed by atoms with Crippen molar-refractivity contribution in [2.24, 2.45) is 11.8 Å². The predicted octanol–water partition coefficient (Wildman–Crippen LogP) is 4.86. The molecule has 2 N–H and O–H groups in total. The number of likely N-dealkylation sites (tertiary alicyclic amines) is 1. The number of benzene rings is 2. The van der Waals surface area contributed by atoms with Crippen molar-refractivity contribution >= 4 is 17.5 Å². The second-order valence-corrected chi connectivity index (χ2v) is 9.27. The van der Waals surface area contributed by atoms with Gasteiger partial charge in [-0.3, -0.25) is 4.79 Å². The maximum Gasteiger partial charge on any atom is 0.319 e. The van der Waals surface area contributed by atoms with Gasteiger partial charge in [0.2, 0.25) is 0 Å². The minimum atomic E-state index is -0.991. The number of urea groups is 1. The molecule has 8 heteroatoms. The van der Waals surface area contributed by atoms with E-state index in [1.54, 1.807) is 31.4 Å². The number of halogens is 2. The average molecular weight is 472 g/mol. The van der Waals surface area contributed by atoms with E-state index in [0.29, 0.717) is 23.8 Å². The summed E-state index contributed by atoms with van der Waals surface area (Å²) in [6.45, 7) is 2.91. The van der Waals surface area contributed by atoms with Crippen molar-refractivity contribution in [2.45, 2.75) is 38.1 Å². The fourth-order valence-electron chi connectivity index (χ4n) is 5.15. The molecule has 2 aliphatic rings. The van der Waals surface area contributed by atoms with Gasteiger partial charge in [0.05, 0.1) is 7.11 Å². The number of hydrogen-bond donors (Lipinski definition) is 2. The third-order valence-corrected chi connectivity index (χ3v) is 6.93. The summed E-state index contributed by atoms with van der Waals surface area (Å²) >= 11 is 0. The normalized spacial score (nSPS) is 22.1. The Morgan fingerprint density at radius 3 is 2.53 bits per heavy atom. The van der Waals surface area contributed by atoms with Crippen molar-refractivity contribution in [3.05, 3.63) is 59.7 Å². The van der Waals surface area contributed by atoms with E-state index < -0.39 is 17.7 Å². The number of fused-ring (bicyclic) bond motifs is 1. The molecule has 2 aromatic carbocycles. The molecule has 1 saturated carbocycles. The zero-order valence-electron chi connectivity index (χ0n) is 19.4. The van der Waals surface area contributed by atoms with Crippen LogP contribution in [0.1, 0.15) is 42.5 Å². The Kier molecular flexibility index (Phi) is 7.77. The molecule has 1 saturated heterocycles. The van der Waals surface area contributed by atoms with E-state index in [4.69, 9.17) is 4.74 Å². The van der Waals surface area contributed by atoms with E-state index in [2.05, 4.69) is 15.5 Å². The van der Waals surface area contributed by atoms with Gasteiger partial charge >= 0.3 is 6.03 Å². The molecule has 34 heavy (non-hydrogen) atoms. The van der Waals surface area contributed by atoms with Crippen molar-refractivity contribution < 1.29 is 23.1 Å². The molecule has 1 heterocycles. The van der Waals surface area contributed by atoms with Crippen molar-refractivity contribution in [2.75, 3.05) is 32.1 Å². The van der Waals surface area contributed by atoms with Crippen LogP contribution in [0.25, 0.3) is 0 Å². The first-order valence-electron chi connectivity index (χ1n) is 11.8. The number of methoxy groups -OCH3 is 1. The minimum absolute atomic E-state index is 0.0585. The van der Waals surface area contributed by atoms with Crippen molar-refractivity contribution in [3.63, 3.8) is 0 Å². The lowest BCUT2D eigenvalue weighted by Crippen LogP contribution is -2.42. The highest BCUT2D eigenvalue weighted by Crippen LogP contribution is 2.36. The summed E-state index contributed by atoms with van der Waals surface area (Å²) in [6.07, 6.45) is 4.19. The van der Waals surface area contributed by atoms with Crippen LogP contribution in [0.3, 0.4) is 0 Å². The molecule has 0 aromatic heterocycles. The molecule has 1 aliphatic heterocycles. The van der Waals surface area contributed by atoms with Crippen LogP contribution in [0.4, 0.5) is 19.3 Å². The molecule has 4 rings (SSSR count). The molecular formula is C26H31F2N3O3. The van der Waals surface area contributed by atoms with Gasteiger partial charge in [-0.2, -0.15) is 0 Å². The number of carbonyl (C=O) groups is 2. The molecule has 1 aliphatic carbocycles. The molecule has 3 unspecified atom stereocenters. The van der Waals surface area contributed by atoms with Gasteiger partial charge in [-0.15, -0.1) is 0 Å². The molecule has 2 fully saturated rings. The zero-order valence-corrected chi connectivity index (χ0v) is 19.4. The van der Waals surface area contributed by atoms with Gasteiger partial charge in [-0.25, -0.2) is 13.6 Å². The summed E-state index contributed by atoms with van der Waals surface area (Å²) in [5.41, 5.74) is 0.938. The number of nitrogens with zero attached hydrogens (tertiary/aromatic N) is 1. The van der Waals surface area contributed by atoms with Crippen LogP contribution in [0.2, 0.25) is 0 Å². The summed E-state index contributed by atoms with van der Waals surface area (Å²) in [7, 11) is 1.60. The summed E-state index contributed by atoms with van der Waals surface area (Å²) in [6, 6.07) is 10.2. The predicted molar refractivity (Wildman–Crippen MR) is 126 cm³/mol. The summed E-state index contributed by atoms with van der Waals surface area (Å²) in [4.78, 5) is 27.2. The van der Waals surface area contributed by atoms with Crippen molar-refractivity contribution in [3.8, 4) is 5.75 Å². The number of hydrogen-bond acceptors (Lipinski definition) is 4. The van der Waals surface area contributed by atoms with E-state index in [0.717, 1.165) is 63.2 Å². The fraction of sp³-hybridized carbons (Fsp3) is 0.462. The lowest BCUT2D eigenvalue weighted by molar-refractivity contribution is 0.0975. The molecule has 2 amide bonds. The van der Waals surface area contributed by atoms with E-state index in [1.807, 2.05) is 0 Å². The van der Waals surface area contributed by atoms with E-state index in [1.165, 1.54) is 6.07 Å². The number of ether oxygens (including phenoxy) is 1. The number of Topliss-reactive ketones (excluding diaryl/α,β-unsaturated/α-hetero) is 1. The molecule has 6 nitrogen and oxygen atoms in total. The number of ketones is 1. The van der Waals surface area contributed by atoms with Gasteiger partial charge in [-0.1, -0.05) is 0 Å². The number of anilines is 1. The number of rotatable bonds is 8. The zero-order chi connectivity index (χ0) is 24.1. The quantitative estimate of drug-likeness (QED) is 0.540. The first-order valence-corrected chi connectivity index (χ1v) is 11.8. The fourth-order valence-corrected chi connectivity index (χ4v) is 5.15. The third-order valence-electron chi connectivity index (χ3n) is 6.93. The monoisotopic (exact) mass is 471 g/mol. The van der Waals surface area contributed by atoms with Crippen LogP contribution in [0.15, 0.2) is 42.5 Å². The van der Waals surface area contributed by atoms with Gasteiger partial charge in [-0.05, 0) is 80.5 Å². The Morgan fingerprint density at radius 2 is 1.79 bits per heavy atom. The Morgan fingerprint density at radius 1 is 1.03 bits per heavy atom. The SMILES string of the molecule is COc1ccc(C(=O)CCCN2CC3CCC(NC(=O)Nc4ccc(F)c(F)c4)CC3C2)cc1. The average Bonchev–Trinajstić information content (AvgIpc) is 3.23. The topological polar surface area (TPSA) is 70.7 Å². The van der Waals surface area contributed by atoms with Crippen molar-refractivity contribution in [1.82, 2.24) is 10.2 Å². The summed E-state index contributed by atoms with van der Waals surface area (Å²) in [5.74, 6) is 0.0841. The highest BCUT2D eigenvalue weighted by molar-refractivity contribution is 5.96. The lowest BCUT2D eigenvalue weighted by atomic mass is 9.79. The highest BCUT2D eigenvalue weighted by atomic mass is 19.2. The van der Waals surface area contributed by atoms with Gasteiger partial charge in [0.1, 0.15) is 5.75 Å². The smallest absolute Gasteiger partial charge is 0.319 e. The Labute approximate surface area is 198 Å².